The lowest BCUT2D eigenvalue weighted by molar-refractivity contribution is 0.276. The molecule has 2 rings (SSSR count). The van der Waals surface area contributed by atoms with Gasteiger partial charge in [-0.2, -0.15) is 0 Å². The van der Waals surface area contributed by atoms with E-state index in [1.54, 1.807) is 0 Å². The van der Waals surface area contributed by atoms with Crippen molar-refractivity contribution in [3.05, 3.63) is 65.2 Å². The highest BCUT2D eigenvalue weighted by atomic mass is 16.3. The van der Waals surface area contributed by atoms with E-state index in [4.69, 9.17) is 0 Å². The van der Waals surface area contributed by atoms with Crippen molar-refractivity contribution in [2.24, 2.45) is 0 Å². The van der Waals surface area contributed by atoms with E-state index in [0.717, 1.165) is 11.3 Å². The van der Waals surface area contributed by atoms with Crippen molar-refractivity contribution in [2.45, 2.75) is 19.9 Å². The van der Waals surface area contributed by atoms with Crippen LogP contribution in [0.5, 0.6) is 0 Å². The Morgan fingerprint density at radius 2 is 1.72 bits per heavy atom. The Bertz CT molecular complexity index is 508. The molecule has 0 bridgehead atoms. The first-order valence-corrected chi connectivity index (χ1v) is 6.21. The van der Waals surface area contributed by atoms with E-state index in [0.29, 0.717) is 0 Å². The normalized spacial score (nSPS) is 12.2. The van der Waals surface area contributed by atoms with Gasteiger partial charge in [0, 0.05) is 5.69 Å². The predicted molar refractivity (Wildman–Crippen MR) is 75.8 cm³/mol. The molecular weight excluding hydrogens is 222 g/mol. The Morgan fingerprint density at radius 1 is 1.00 bits per heavy atom. The quantitative estimate of drug-likeness (QED) is 0.859. The third-order valence-electron chi connectivity index (χ3n) is 3.32. The summed E-state index contributed by atoms with van der Waals surface area (Å²) in [5.41, 5.74) is 4.67. The number of nitrogens with one attached hydrogen (secondary N) is 1. The van der Waals surface area contributed by atoms with Crippen LogP contribution in [0.25, 0.3) is 0 Å². The lowest BCUT2D eigenvalue weighted by Gasteiger charge is -2.21. The van der Waals surface area contributed by atoms with E-state index < -0.39 is 0 Å². The van der Waals surface area contributed by atoms with Gasteiger partial charge in [-0.15, -0.1) is 0 Å². The standard InChI is InChI=1S/C16H19NO/c1-12-7-6-10-15(13(12)2)16(11-18)17-14-8-4-3-5-9-14/h3-10,16-18H,11H2,1-2H3. The van der Waals surface area contributed by atoms with Gasteiger partial charge >= 0.3 is 0 Å². The highest BCUT2D eigenvalue weighted by molar-refractivity contribution is 5.47. The van der Waals surface area contributed by atoms with E-state index >= 15 is 0 Å². The number of rotatable bonds is 4. The first-order chi connectivity index (χ1) is 8.72. The Hall–Kier alpha value is -1.80. The van der Waals surface area contributed by atoms with E-state index in [1.807, 2.05) is 36.4 Å². The summed E-state index contributed by atoms with van der Waals surface area (Å²) < 4.78 is 0. The molecule has 0 aliphatic carbocycles. The second-order valence-electron chi connectivity index (χ2n) is 4.53. The van der Waals surface area contributed by atoms with Crippen molar-refractivity contribution >= 4 is 5.69 Å². The van der Waals surface area contributed by atoms with Crippen LogP contribution >= 0.6 is 0 Å². The van der Waals surface area contributed by atoms with Crippen molar-refractivity contribution in [3.63, 3.8) is 0 Å². The molecule has 1 unspecified atom stereocenters. The van der Waals surface area contributed by atoms with E-state index in [-0.39, 0.29) is 12.6 Å². The molecule has 2 N–H and O–H groups in total. The van der Waals surface area contributed by atoms with Gasteiger partial charge < -0.3 is 10.4 Å². The van der Waals surface area contributed by atoms with Crippen LogP contribution in [-0.2, 0) is 0 Å². The van der Waals surface area contributed by atoms with Crippen LogP contribution < -0.4 is 5.32 Å². The molecule has 2 nitrogen and oxygen atoms in total. The molecule has 0 aliphatic heterocycles. The Labute approximate surface area is 108 Å². The molecule has 0 aliphatic rings. The molecule has 0 saturated carbocycles. The largest absolute Gasteiger partial charge is 0.394 e. The van der Waals surface area contributed by atoms with E-state index in [9.17, 15) is 5.11 Å². The topological polar surface area (TPSA) is 32.3 Å². The van der Waals surface area contributed by atoms with E-state index in [2.05, 4.69) is 31.3 Å². The summed E-state index contributed by atoms with van der Waals surface area (Å²) in [6.07, 6.45) is 0. The van der Waals surface area contributed by atoms with Gasteiger partial charge in [0.2, 0.25) is 0 Å². The molecule has 0 aromatic heterocycles. The number of anilines is 1. The van der Waals surface area contributed by atoms with Gasteiger partial charge in [-0.25, -0.2) is 0 Å². The van der Waals surface area contributed by atoms with Crippen LogP contribution in [0.2, 0.25) is 0 Å². The van der Waals surface area contributed by atoms with Crippen LogP contribution in [-0.4, -0.2) is 11.7 Å². The third-order valence-corrected chi connectivity index (χ3v) is 3.32. The monoisotopic (exact) mass is 241 g/mol. The van der Waals surface area contributed by atoms with Gasteiger partial charge in [0.25, 0.3) is 0 Å². The van der Waals surface area contributed by atoms with Gasteiger partial charge in [-0.3, -0.25) is 0 Å². The molecule has 0 radical (unpaired) electrons. The minimum absolute atomic E-state index is 0.0627. The van der Waals surface area contributed by atoms with Crippen LogP contribution in [0.1, 0.15) is 22.7 Å². The number of hydrogen-bond donors (Lipinski definition) is 2. The molecule has 1 atom stereocenters. The predicted octanol–water partition coefficient (Wildman–Crippen LogP) is 3.45. The molecule has 0 spiro atoms. The second kappa shape index (κ2) is 5.69. The van der Waals surface area contributed by atoms with Crippen molar-refractivity contribution in [3.8, 4) is 0 Å². The summed E-state index contributed by atoms with van der Waals surface area (Å²) in [5.74, 6) is 0. The maximum Gasteiger partial charge on any atom is 0.0747 e. The fraction of sp³-hybridized carbons (Fsp3) is 0.250. The summed E-state index contributed by atoms with van der Waals surface area (Å²) in [6, 6.07) is 16.1. The molecule has 2 aromatic carbocycles. The molecule has 18 heavy (non-hydrogen) atoms. The summed E-state index contributed by atoms with van der Waals surface area (Å²) in [7, 11) is 0. The number of benzene rings is 2. The van der Waals surface area contributed by atoms with Crippen LogP contribution in [0.3, 0.4) is 0 Å². The minimum Gasteiger partial charge on any atom is -0.394 e. The third kappa shape index (κ3) is 2.71. The minimum atomic E-state index is -0.0627. The smallest absolute Gasteiger partial charge is 0.0747 e. The van der Waals surface area contributed by atoms with Gasteiger partial charge in [-0.1, -0.05) is 36.4 Å². The summed E-state index contributed by atoms with van der Waals surface area (Å²) >= 11 is 0. The van der Waals surface area contributed by atoms with Crippen molar-refractivity contribution < 1.29 is 5.11 Å². The molecule has 0 fully saturated rings. The Morgan fingerprint density at radius 3 is 2.39 bits per heavy atom. The Balaban J connectivity index is 2.26. The van der Waals surface area contributed by atoms with E-state index in [1.165, 1.54) is 11.1 Å². The summed E-state index contributed by atoms with van der Waals surface area (Å²) in [6.45, 7) is 4.27. The fourth-order valence-electron chi connectivity index (χ4n) is 2.11. The van der Waals surface area contributed by atoms with Gasteiger partial charge in [0.05, 0.1) is 12.6 Å². The second-order valence-corrected chi connectivity index (χ2v) is 4.53. The first kappa shape index (κ1) is 12.7. The van der Waals surface area contributed by atoms with Crippen molar-refractivity contribution in [1.82, 2.24) is 0 Å². The molecule has 94 valence electrons. The number of para-hydroxylation sites is 1. The average Bonchev–Trinajstić information content (AvgIpc) is 2.41. The number of aryl methyl sites for hydroxylation is 1. The van der Waals surface area contributed by atoms with Gasteiger partial charge in [-0.05, 0) is 42.7 Å². The van der Waals surface area contributed by atoms with Crippen molar-refractivity contribution in [1.29, 1.82) is 0 Å². The molecule has 0 amide bonds. The fourth-order valence-corrected chi connectivity index (χ4v) is 2.11. The summed E-state index contributed by atoms with van der Waals surface area (Å²) in [5, 5.41) is 13.0. The maximum atomic E-state index is 9.59. The zero-order valence-corrected chi connectivity index (χ0v) is 10.9. The van der Waals surface area contributed by atoms with Crippen LogP contribution in [0.4, 0.5) is 5.69 Å². The zero-order valence-electron chi connectivity index (χ0n) is 10.9. The first-order valence-electron chi connectivity index (χ1n) is 6.21. The lowest BCUT2D eigenvalue weighted by atomic mass is 9.97. The molecule has 2 aromatic rings. The van der Waals surface area contributed by atoms with Crippen LogP contribution in [0, 0.1) is 13.8 Å². The lowest BCUT2D eigenvalue weighted by Crippen LogP contribution is -2.16. The van der Waals surface area contributed by atoms with Gasteiger partial charge in [0.15, 0.2) is 0 Å². The van der Waals surface area contributed by atoms with Crippen LogP contribution in [0.15, 0.2) is 48.5 Å². The SMILES string of the molecule is Cc1cccc(C(CO)Nc2ccccc2)c1C. The highest BCUT2D eigenvalue weighted by Crippen LogP contribution is 2.23. The maximum absolute atomic E-state index is 9.59. The molecule has 0 saturated heterocycles. The van der Waals surface area contributed by atoms with Gasteiger partial charge in [0.1, 0.15) is 0 Å². The number of hydrogen-bond acceptors (Lipinski definition) is 2. The summed E-state index contributed by atoms with van der Waals surface area (Å²) in [4.78, 5) is 0. The molecular formula is C16H19NO. The number of aliphatic hydroxyl groups excluding tert-OH is 1. The highest BCUT2D eigenvalue weighted by Gasteiger charge is 2.13. The molecule has 2 heteroatoms. The molecule has 0 heterocycles. The van der Waals surface area contributed by atoms with Crippen molar-refractivity contribution in [2.75, 3.05) is 11.9 Å². The Kier molecular flexibility index (Phi) is 4.00. The number of aliphatic hydroxyl groups is 1. The zero-order chi connectivity index (χ0) is 13.0. The average molecular weight is 241 g/mol.